The predicted molar refractivity (Wildman–Crippen MR) is 108 cm³/mol. The van der Waals surface area contributed by atoms with Gasteiger partial charge in [0.15, 0.2) is 5.16 Å². The Morgan fingerprint density at radius 3 is 2.73 bits per heavy atom. The van der Waals surface area contributed by atoms with Gasteiger partial charge >= 0.3 is 0 Å². The van der Waals surface area contributed by atoms with Crippen molar-refractivity contribution in [3.8, 4) is 0 Å². The molecule has 0 saturated heterocycles. The minimum Gasteiger partial charge on any atom is -0.325 e. The third-order valence-electron chi connectivity index (χ3n) is 4.26. The van der Waals surface area contributed by atoms with Crippen molar-refractivity contribution in [3.63, 3.8) is 0 Å². The molecule has 0 saturated carbocycles. The summed E-state index contributed by atoms with van der Waals surface area (Å²) in [5.74, 6) is 0.128. The molecule has 1 N–H and O–H groups in total. The summed E-state index contributed by atoms with van der Waals surface area (Å²) in [6, 6.07) is 7.85. The van der Waals surface area contributed by atoms with Crippen LogP contribution in [0.5, 0.6) is 0 Å². The van der Waals surface area contributed by atoms with E-state index in [1.54, 1.807) is 16.3 Å². The lowest BCUT2D eigenvalue weighted by molar-refractivity contribution is -0.113. The van der Waals surface area contributed by atoms with Gasteiger partial charge < -0.3 is 5.32 Å². The molecule has 1 aromatic heterocycles. The zero-order valence-corrected chi connectivity index (χ0v) is 16.9. The number of amides is 1. The molecule has 1 aromatic carbocycles. The lowest BCUT2D eigenvalue weighted by Gasteiger charge is -2.11. The summed E-state index contributed by atoms with van der Waals surface area (Å²) in [7, 11) is 0. The molecule has 0 unspecified atom stereocenters. The molecule has 1 aliphatic heterocycles. The minimum atomic E-state index is -0.0978. The quantitative estimate of drug-likeness (QED) is 0.604. The van der Waals surface area contributed by atoms with Gasteiger partial charge in [0.2, 0.25) is 5.91 Å². The maximum absolute atomic E-state index is 12.6. The van der Waals surface area contributed by atoms with Crippen LogP contribution in [-0.2, 0) is 24.2 Å². The van der Waals surface area contributed by atoms with Crippen molar-refractivity contribution in [3.05, 3.63) is 45.9 Å². The highest BCUT2D eigenvalue weighted by atomic mass is 32.2. The normalized spacial score (nSPS) is 15.7. The van der Waals surface area contributed by atoms with Crippen molar-refractivity contribution in [2.24, 2.45) is 0 Å². The fourth-order valence-electron chi connectivity index (χ4n) is 2.87. The number of aryl methyl sites for hydroxylation is 1. The molecule has 5 nitrogen and oxygen atoms in total. The number of anilines is 1. The number of carbonyl (C=O) groups excluding carboxylic acids is 1. The minimum absolute atomic E-state index is 0.0184. The van der Waals surface area contributed by atoms with E-state index in [4.69, 9.17) is 0 Å². The number of thioether (sulfide) groups is 2. The van der Waals surface area contributed by atoms with Crippen molar-refractivity contribution >= 4 is 35.1 Å². The SMILES string of the molecule is CCc1ccc(NC(=O)CSc2nc3c(c(=O)n2CC)S[C@H](C)C3)cc1. The van der Waals surface area contributed by atoms with E-state index in [-0.39, 0.29) is 17.2 Å². The maximum atomic E-state index is 12.6. The molecule has 3 rings (SSSR count). The highest BCUT2D eigenvalue weighted by molar-refractivity contribution is 8.00. The first kappa shape index (κ1) is 19.0. The van der Waals surface area contributed by atoms with Crippen LogP contribution in [0.4, 0.5) is 5.69 Å². The van der Waals surface area contributed by atoms with Crippen LogP contribution < -0.4 is 10.9 Å². The first-order valence-corrected chi connectivity index (χ1v) is 10.7. The van der Waals surface area contributed by atoms with Crippen LogP contribution in [-0.4, -0.2) is 26.5 Å². The number of carbonyl (C=O) groups is 1. The Morgan fingerprint density at radius 1 is 1.35 bits per heavy atom. The third kappa shape index (κ3) is 4.15. The number of aromatic nitrogens is 2. The topological polar surface area (TPSA) is 64.0 Å². The Labute approximate surface area is 162 Å². The van der Waals surface area contributed by atoms with Gasteiger partial charge in [-0.1, -0.05) is 37.7 Å². The number of nitrogens with zero attached hydrogens (tertiary/aromatic N) is 2. The Balaban J connectivity index is 1.69. The summed E-state index contributed by atoms with van der Waals surface area (Å²) >= 11 is 2.92. The highest BCUT2D eigenvalue weighted by Crippen LogP contribution is 2.34. The summed E-state index contributed by atoms with van der Waals surface area (Å²) in [4.78, 5) is 30.3. The first-order valence-electron chi connectivity index (χ1n) is 8.83. The second-order valence-electron chi connectivity index (χ2n) is 6.24. The lowest BCUT2D eigenvalue weighted by atomic mass is 10.1. The second kappa shape index (κ2) is 8.31. The molecular weight excluding hydrogens is 366 g/mol. The number of fused-ring (bicyclic) bond motifs is 1. The number of nitrogens with one attached hydrogen (secondary N) is 1. The van der Waals surface area contributed by atoms with E-state index in [2.05, 4.69) is 24.1 Å². The summed E-state index contributed by atoms with van der Waals surface area (Å²) < 4.78 is 1.66. The Morgan fingerprint density at radius 2 is 2.08 bits per heavy atom. The predicted octanol–water partition coefficient (Wildman–Crippen LogP) is 3.59. The molecule has 2 aromatic rings. The van der Waals surface area contributed by atoms with E-state index >= 15 is 0 Å². The van der Waals surface area contributed by atoms with Crippen LogP contribution in [0.15, 0.2) is 39.1 Å². The lowest BCUT2D eigenvalue weighted by Crippen LogP contribution is -2.25. The molecule has 0 fully saturated rings. The van der Waals surface area contributed by atoms with E-state index in [0.29, 0.717) is 17.0 Å². The van der Waals surface area contributed by atoms with Crippen molar-refractivity contribution < 1.29 is 4.79 Å². The first-order chi connectivity index (χ1) is 12.5. The van der Waals surface area contributed by atoms with Crippen molar-refractivity contribution in [2.45, 2.75) is 55.5 Å². The van der Waals surface area contributed by atoms with Gasteiger partial charge in [-0.3, -0.25) is 14.2 Å². The molecule has 0 spiro atoms. The third-order valence-corrected chi connectivity index (χ3v) is 6.45. The maximum Gasteiger partial charge on any atom is 0.268 e. The van der Waals surface area contributed by atoms with Crippen molar-refractivity contribution in [2.75, 3.05) is 11.1 Å². The van der Waals surface area contributed by atoms with E-state index in [9.17, 15) is 9.59 Å². The molecule has 1 amide bonds. The number of hydrogen-bond donors (Lipinski definition) is 1. The molecule has 2 heterocycles. The molecule has 138 valence electrons. The summed E-state index contributed by atoms with van der Waals surface area (Å²) in [5, 5.41) is 3.90. The fourth-order valence-corrected chi connectivity index (χ4v) is 4.87. The average molecular weight is 390 g/mol. The van der Waals surface area contributed by atoms with E-state index in [0.717, 1.165) is 29.1 Å². The van der Waals surface area contributed by atoms with Crippen molar-refractivity contribution in [1.29, 1.82) is 0 Å². The van der Waals surface area contributed by atoms with Gasteiger partial charge in [-0.25, -0.2) is 4.98 Å². The van der Waals surface area contributed by atoms with Gasteiger partial charge in [0.1, 0.15) is 0 Å². The molecule has 0 aliphatic carbocycles. The summed E-state index contributed by atoms with van der Waals surface area (Å²) in [6.07, 6.45) is 1.78. The molecule has 7 heteroatoms. The molecule has 0 bridgehead atoms. The van der Waals surface area contributed by atoms with E-state index in [1.165, 1.54) is 17.3 Å². The van der Waals surface area contributed by atoms with Crippen molar-refractivity contribution in [1.82, 2.24) is 9.55 Å². The van der Waals surface area contributed by atoms with Crippen LogP contribution in [0.3, 0.4) is 0 Å². The molecule has 1 atom stereocenters. The molecular formula is C19H23N3O2S2. The van der Waals surface area contributed by atoms with Crippen LogP contribution in [0.25, 0.3) is 0 Å². The van der Waals surface area contributed by atoms with Crippen LogP contribution >= 0.6 is 23.5 Å². The van der Waals surface area contributed by atoms with Gasteiger partial charge in [-0.2, -0.15) is 0 Å². The van der Waals surface area contributed by atoms with Gasteiger partial charge in [-0.05, 0) is 31.0 Å². The average Bonchev–Trinajstić information content (AvgIpc) is 3.01. The molecule has 1 aliphatic rings. The van der Waals surface area contributed by atoms with Gasteiger partial charge in [0, 0.05) is 23.9 Å². The van der Waals surface area contributed by atoms with Crippen LogP contribution in [0.2, 0.25) is 0 Å². The van der Waals surface area contributed by atoms with E-state index in [1.807, 2.05) is 31.2 Å². The summed E-state index contributed by atoms with van der Waals surface area (Å²) in [5.41, 5.74) is 2.91. The van der Waals surface area contributed by atoms with Gasteiger partial charge in [0.05, 0.1) is 16.3 Å². The smallest absolute Gasteiger partial charge is 0.268 e. The van der Waals surface area contributed by atoms with Gasteiger partial charge in [-0.15, -0.1) is 11.8 Å². The number of benzene rings is 1. The van der Waals surface area contributed by atoms with Gasteiger partial charge in [0.25, 0.3) is 5.56 Å². The Kier molecular flexibility index (Phi) is 6.09. The monoisotopic (exact) mass is 389 g/mol. The number of rotatable bonds is 6. The highest BCUT2D eigenvalue weighted by Gasteiger charge is 2.26. The summed E-state index contributed by atoms with van der Waals surface area (Å²) in [6.45, 7) is 6.68. The second-order valence-corrected chi connectivity index (χ2v) is 8.63. The Bertz CT molecular complexity index is 862. The fraction of sp³-hybridized carbons (Fsp3) is 0.421. The van der Waals surface area contributed by atoms with Crippen LogP contribution in [0, 0.1) is 0 Å². The number of hydrogen-bond acceptors (Lipinski definition) is 5. The largest absolute Gasteiger partial charge is 0.325 e. The molecule has 0 radical (unpaired) electrons. The van der Waals surface area contributed by atoms with Crippen LogP contribution in [0.1, 0.15) is 32.0 Å². The zero-order valence-electron chi connectivity index (χ0n) is 15.2. The zero-order chi connectivity index (χ0) is 18.7. The Hall–Kier alpha value is -1.73. The molecule has 26 heavy (non-hydrogen) atoms. The standard InChI is InChI=1S/C19H23N3O2S2/c1-4-13-6-8-14(9-7-13)20-16(23)11-25-19-21-15-10-12(3)26-17(15)18(24)22(19)5-2/h6-9,12H,4-5,10-11H2,1-3H3,(H,20,23)/t12-/m1/s1. The van der Waals surface area contributed by atoms with E-state index < -0.39 is 0 Å².